The number of aryl methyl sites for hydroxylation is 1. The number of amides is 1. The van der Waals surface area contributed by atoms with Gasteiger partial charge in [0, 0.05) is 31.8 Å². The average molecular weight is 305 g/mol. The number of hydrogen-bond acceptors (Lipinski definition) is 7. The smallest absolute Gasteiger partial charge is 0.270 e. The van der Waals surface area contributed by atoms with Crippen LogP contribution in [0.4, 0.5) is 11.6 Å². The molecule has 2 rings (SSSR count). The van der Waals surface area contributed by atoms with Crippen LogP contribution in [-0.2, 0) is 6.54 Å². The number of anilines is 1. The Morgan fingerprint density at radius 1 is 1.41 bits per heavy atom. The Hall–Kier alpha value is -2.97. The van der Waals surface area contributed by atoms with E-state index in [1.54, 1.807) is 32.0 Å². The monoisotopic (exact) mass is 305 g/mol. The SMILES string of the molecule is Cc1cc(C(=O)NCc2nc(N(C)C)no2)cc([N+](=O)[O-])c1. The van der Waals surface area contributed by atoms with E-state index >= 15 is 0 Å². The lowest BCUT2D eigenvalue weighted by atomic mass is 10.1. The number of aromatic nitrogens is 2. The highest BCUT2D eigenvalue weighted by Crippen LogP contribution is 2.16. The van der Waals surface area contributed by atoms with Crippen LogP contribution in [0.2, 0.25) is 0 Å². The minimum atomic E-state index is -0.537. The first-order valence-corrected chi connectivity index (χ1v) is 6.41. The molecule has 1 aromatic heterocycles. The summed E-state index contributed by atoms with van der Waals surface area (Å²) in [6, 6.07) is 4.20. The van der Waals surface area contributed by atoms with E-state index in [1.807, 2.05) is 0 Å². The van der Waals surface area contributed by atoms with Gasteiger partial charge < -0.3 is 14.7 Å². The summed E-state index contributed by atoms with van der Waals surface area (Å²) in [7, 11) is 3.53. The van der Waals surface area contributed by atoms with Crippen LogP contribution in [0.5, 0.6) is 0 Å². The van der Waals surface area contributed by atoms with E-state index in [0.29, 0.717) is 11.5 Å². The lowest BCUT2D eigenvalue weighted by molar-refractivity contribution is -0.384. The van der Waals surface area contributed by atoms with Crippen LogP contribution in [0.3, 0.4) is 0 Å². The van der Waals surface area contributed by atoms with Gasteiger partial charge in [-0.05, 0) is 23.7 Å². The molecule has 22 heavy (non-hydrogen) atoms. The number of carbonyl (C=O) groups is 1. The summed E-state index contributed by atoms with van der Waals surface area (Å²) in [6.45, 7) is 1.73. The fourth-order valence-corrected chi connectivity index (χ4v) is 1.76. The van der Waals surface area contributed by atoms with Gasteiger partial charge in [-0.15, -0.1) is 0 Å². The standard InChI is InChI=1S/C13H15N5O4/c1-8-4-9(6-10(5-8)18(20)21)12(19)14-7-11-15-13(16-22-11)17(2)3/h4-6H,7H2,1-3H3,(H,14,19). The summed E-state index contributed by atoms with van der Waals surface area (Å²) >= 11 is 0. The zero-order chi connectivity index (χ0) is 16.3. The van der Waals surface area contributed by atoms with E-state index in [-0.39, 0.29) is 23.7 Å². The molecular formula is C13H15N5O4. The molecule has 116 valence electrons. The van der Waals surface area contributed by atoms with Gasteiger partial charge >= 0.3 is 0 Å². The molecule has 0 bridgehead atoms. The molecule has 0 saturated carbocycles. The number of benzene rings is 1. The zero-order valence-electron chi connectivity index (χ0n) is 12.4. The van der Waals surface area contributed by atoms with E-state index in [9.17, 15) is 14.9 Å². The van der Waals surface area contributed by atoms with Gasteiger partial charge in [-0.25, -0.2) is 0 Å². The van der Waals surface area contributed by atoms with E-state index < -0.39 is 10.8 Å². The molecule has 2 aromatic rings. The highest BCUT2D eigenvalue weighted by Gasteiger charge is 2.14. The Balaban J connectivity index is 2.07. The maximum Gasteiger partial charge on any atom is 0.270 e. The molecular weight excluding hydrogens is 290 g/mol. The van der Waals surface area contributed by atoms with Crippen molar-refractivity contribution in [1.82, 2.24) is 15.5 Å². The van der Waals surface area contributed by atoms with Gasteiger partial charge in [0.05, 0.1) is 11.5 Å². The van der Waals surface area contributed by atoms with Crippen LogP contribution < -0.4 is 10.2 Å². The predicted octanol–water partition coefficient (Wildman–Crippen LogP) is 1.28. The summed E-state index contributed by atoms with van der Waals surface area (Å²) in [5.74, 6) is 0.200. The molecule has 1 N–H and O–H groups in total. The zero-order valence-corrected chi connectivity index (χ0v) is 12.4. The van der Waals surface area contributed by atoms with Crippen molar-refractivity contribution in [2.24, 2.45) is 0 Å². The molecule has 1 heterocycles. The minimum absolute atomic E-state index is 0.0431. The first-order valence-electron chi connectivity index (χ1n) is 6.41. The number of nitro benzene ring substituents is 1. The van der Waals surface area contributed by atoms with Crippen LogP contribution in [0.1, 0.15) is 21.8 Å². The number of non-ortho nitro benzene ring substituents is 1. The molecule has 0 radical (unpaired) electrons. The summed E-state index contributed by atoms with van der Waals surface area (Å²) in [4.78, 5) is 28.1. The molecule has 0 saturated heterocycles. The Labute approximate surface area is 126 Å². The number of nitrogens with zero attached hydrogens (tertiary/aromatic N) is 4. The van der Waals surface area contributed by atoms with Gasteiger partial charge in [-0.1, -0.05) is 0 Å². The Bertz CT molecular complexity index is 710. The highest BCUT2D eigenvalue weighted by atomic mass is 16.6. The molecule has 0 fully saturated rings. The van der Waals surface area contributed by atoms with E-state index in [4.69, 9.17) is 4.52 Å². The Kier molecular flexibility index (Phi) is 4.35. The number of hydrogen-bond donors (Lipinski definition) is 1. The molecule has 1 amide bonds. The van der Waals surface area contributed by atoms with Crippen molar-refractivity contribution in [3.8, 4) is 0 Å². The largest absolute Gasteiger partial charge is 0.344 e. The molecule has 0 aliphatic rings. The van der Waals surface area contributed by atoms with Crippen LogP contribution >= 0.6 is 0 Å². The van der Waals surface area contributed by atoms with Crippen LogP contribution in [0, 0.1) is 17.0 Å². The predicted molar refractivity (Wildman–Crippen MR) is 77.6 cm³/mol. The second-order valence-corrected chi connectivity index (χ2v) is 4.88. The van der Waals surface area contributed by atoms with Crippen molar-refractivity contribution < 1.29 is 14.2 Å². The lowest BCUT2D eigenvalue weighted by Gasteiger charge is -2.04. The fourth-order valence-electron chi connectivity index (χ4n) is 1.76. The summed E-state index contributed by atoms with van der Waals surface area (Å²) in [5.41, 5.74) is 0.712. The Morgan fingerprint density at radius 2 is 2.14 bits per heavy atom. The second kappa shape index (κ2) is 6.20. The number of carbonyl (C=O) groups excluding carboxylic acids is 1. The minimum Gasteiger partial charge on any atom is -0.344 e. The highest BCUT2D eigenvalue weighted by molar-refractivity contribution is 5.94. The summed E-state index contributed by atoms with van der Waals surface area (Å²) in [6.07, 6.45) is 0. The lowest BCUT2D eigenvalue weighted by Crippen LogP contribution is -2.23. The third-order valence-corrected chi connectivity index (χ3v) is 2.79. The molecule has 0 aliphatic carbocycles. The molecule has 0 atom stereocenters. The number of rotatable bonds is 5. The van der Waals surface area contributed by atoms with Gasteiger partial charge in [0.2, 0.25) is 5.89 Å². The van der Waals surface area contributed by atoms with Crippen molar-refractivity contribution in [3.05, 3.63) is 45.3 Å². The molecule has 0 spiro atoms. The van der Waals surface area contributed by atoms with Gasteiger partial charge in [0.15, 0.2) is 0 Å². The third-order valence-electron chi connectivity index (χ3n) is 2.79. The van der Waals surface area contributed by atoms with Crippen molar-refractivity contribution in [1.29, 1.82) is 0 Å². The molecule has 1 aromatic carbocycles. The topological polar surface area (TPSA) is 114 Å². The second-order valence-electron chi connectivity index (χ2n) is 4.88. The van der Waals surface area contributed by atoms with E-state index in [1.165, 1.54) is 12.1 Å². The van der Waals surface area contributed by atoms with Crippen LogP contribution in [0.25, 0.3) is 0 Å². The van der Waals surface area contributed by atoms with E-state index in [0.717, 1.165) is 0 Å². The number of nitro groups is 1. The van der Waals surface area contributed by atoms with Gasteiger partial charge in [0.1, 0.15) is 0 Å². The van der Waals surface area contributed by atoms with E-state index in [2.05, 4.69) is 15.5 Å². The quantitative estimate of drug-likeness (QED) is 0.653. The molecule has 9 heteroatoms. The maximum atomic E-state index is 12.1. The van der Waals surface area contributed by atoms with Gasteiger partial charge in [0.25, 0.3) is 17.5 Å². The normalized spacial score (nSPS) is 10.3. The van der Waals surface area contributed by atoms with Crippen molar-refractivity contribution >= 4 is 17.5 Å². The van der Waals surface area contributed by atoms with Gasteiger partial charge in [-0.2, -0.15) is 4.98 Å². The van der Waals surface area contributed by atoms with Gasteiger partial charge in [-0.3, -0.25) is 14.9 Å². The van der Waals surface area contributed by atoms with Crippen molar-refractivity contribution in [3.63, 3.8) is 0 Å². The fraction of sp³-hybridized carbons (Fsp3) is 0.308. The average Bonchev–Trinajstić information content (AvgIpc) is 2.93. The van der Waals surface area contributed by atoms with Crippen LogP contribution in [0.15, 0.2) is 22.7 Å². The molecule has 9 nitrogen and oxygen atoms in total. The maximum absolute atomic E-state index is 12.1. The van der Waals surface area contributed by atoms with Crippen LogP contribution in [-0.4, -0.2) is 35.1 Å². The summed E-state index contributed by atoms with van der Waals surface area (Å²) < 4.78 is 4.97. The first-order chi connectivity index (χ1) is 10.4. The summed E-state index contributed by atoms with van der Waals surface area (Å²) in [5, 5.41) is 17.1. The molecule has 0 unspecified atom stereocenters. The third kappa shape index (κ3) is 3.57. The van der Waals surface area contributed by atoms with Crippen molar-refractivity contribution in [2.45, 2.75) is 13.5 Å². The Morgan fingerprint density at radius 3 is 2.73 bits per heavy atom. The first kappa shape index (κ1) is 15.4. The molecule has 0 aliphatic heterocycles. The van der Waals surface area contributed by atoms with Crippen molar-refractivity contribution in [2.75, 3.05) is 19.0 Å². The number of nitrogens with one attached hydrogen (secondary N) is 1.